The van der Waals surface area contributed by atoms with Gasteiger partial charge in [-0.15, -0.1) is 11.6 Å². The summed E-state index contributed by atoms with van der Waals surface area (Å²) in [5, 5.41) is 12.7. The van der Waals surface area contributed by atoms with Crippen LogP contribution in [0.25, 0.3) is 0 Å². The van der Waals surface area contributed by atoms with Crippen molar-refractivity contribution in [3.63, 3.8) is 0 Å². The van der Waals surface area contributed by atoms with Crippen molar-refractivity contribution >= 4 is 17.5 Å². The summed E-state index contributed by atoms with van der Waals surface area (Å²) in [6.45, 7) is 4.53. The fraction of sp³-hybridized carbons (Fsp3) is 0.571. The molecule has 0 aromatic rings. The first-order valence-electron chi connectivity index (χ1n) is 3.61. The van der Waals surface area contributed by atoms with Gasteiger partial charge in [0.1, 0.15) is 0 Å². The van der Waals surface area contributed by atoms with Crippen LogP contribution in [0.1, 0.15) is 13.3 Å². The van der Waals surface area contributed by atoms with Crippen LogP contribution in [0, 0.1) is 10.1 Å². The Morgan fingerprint density at radius 3 is 2.69 bits per heavy atom. The molecule has 1 N–H and O–H groups in total. The quantitative estimate of drug-likeness (QED) is 0.239. The van der Waals surface area contributed by atoms with E-state index in [0.717, 1.165) is 6.08 Å². The second-order valence-corrected chi connectivity index (χ2v) is 2.97. The molecule has 0 radical (unpaired) electrons. The second-order valence-electron chi connectivity index (χ2n) is 2.60. The van der Waals surface area contributed by atoms with Gasteiger partial charge in [0.05, 0.1) is 4.92 Å². The van der Waals surface area contributed by atoms with E-state index >= 15 is 0 Å². The molecule has 13 heavy (non-hydrogen) atoms. The minimum atomic E-state index is -1.61. The third kappa shape index (κ3) is 3.42. The summed E-state index contributed by atoms with van der Waals surface area (Å²) in [5.41, 5.74) is -1.61. The Morgan fingerprint density at radius 1 is 1.85 bits per heavy atom. The molecule has 0 aromatic carbocycles. The summed E-state index contributed by atoms with van der Waals surface area (Å²) in [7, 11) is 0. The van der Waals surface area contributed by atoms with Gasteiger partial charge in [0.2, 0.25) is 5.91 Å². The fourth-order valence-electron chi connectivity index (χ4n) is 0.602. The molecule has 0 saturated carbocycles. The van der Waals surface area contributed by atoms with Crippen LogP contribution < -0.4 is 5.32 Å². The second kappa shape index (κ2) is 4.81. The Labute approximate surface area is 80.9 Å². The average molecular weight is 207 g/mol. The van der Waals surface area contributed by atoms with E-state index in [1.54, 1.807) is 0 Å². The van der Waals surface area contributed by atoms with Gasteiger partial charge in [-0.1, -0.05) is 6.58 Å². The Kier molecular flexibility index (Phi) is 4.40. The molecule has 6 heteroatoms. The third-order valence-electron chi connectivity index (χ3n) is 1.49. The molecule has 0 saturated heterocycles. The van der Waals surface area contributed by atoms with Crippen LogP contribution in [-0.2, 0) is 4.79 Å². The molecule has 0 rings (SSSR count). The van der Waals surface area contributed by atoms with Crippen molar-refractivity contribution in [3.8, 4) is 0 Å². The first kappa shape index (κ1) is 11.9. The summed E-state index contributed by atoms with van der Waals surface area (Å²) in [6.07, 6.45) is 1.12. The van der Waals surface area contributed by atoms with E-state index in [-0.39, 0.29) is 12.3 Å². The highest BCUT2D eigenvalue weighted by Crippen LogP contribution is 2.05. The van der Waals surface area contributed by atoms with Gasteiger partial charge in [-0.2, -0.15) is 0 Å². The van der Waals surface area contributed by atoms with E-state index in [1.165, 1.54) is 6.92 Å². The van der Waals surface area contributed by atoms with Crippen LogP contribution in [0.15, 0.2) is 12.7 Å². The smallest absolute Gasteiger partial charge is 0.288 e. The van der Waals surface area contributed by atoms with Crippen LogP contribution in [0.4, 0.5) is 0 Å². The first-order valence-corrected chi connectivity index (χ1v) is 4.15. The van der Waals surface area contributed by atoms with E-state index in [1.807, 2.05) is 0 Å². The molecule has 0 aliphatic heterocycles. The Bertz CT molecular complexity index is 232. The number of hydrogen-bond donors (Lipinski definition) is 1. The lowest BCUT2D eigenvalue weighted by molar-refractivity contribution is -0.555. The number of nitrogens with one attached hydrogen (secondary N) is 1. The molecule has 0 aliphatic carbocycles. The number of alkyl halides is 1. The molecule has 74 valence electrons. The van der Waals surface area contributed by atoms with E-state index in [0.29, 0.717) is 0 Å². The molecule has 0 spiro atoms. The van der Waals surface area contributed by atoms with Gasteiger partial charge >= 0.3 is 5.66 Å². The molecule has 0 bridgehead atoms. The lowest BCUT2D eigenvalue weighted by atomic mass is 10.2. The summed E-state index contributed by atoms with van der Waals surface area (Å²) < 4.78 is 0. The highest BCUT2D eigenvalue weighted by atomic mass is 35.5. The zero-order valence-electron chi connectivity index (χ0n) is 7.25. The molecule has 0 aliphatic rings. The van der Waals surface area contributed by atoms with Crippen molar-refractivity contribution < 1.29 is 9.72 Å². The average Bonchev–Trinajstić information content (AvgIpc) is 2.04. The van der Waals surface area contributed by atoms with Crippen molar-refractivity contribution in [3.05, 3.63) is 22.8 Å². The Morgan fingerprint density at radius 2 is 2.38 bits per heavy atom. The number of carbonyl (C=O) groups is 1. The number of halogens is 1. The summed E-state index contributed by atoms with van der Waals surface area (Å²) in [5.74, 6) is -0.328. The molecule has 1 unspecified atom stereocenters. The van der Waals surface area contributed by atoms with Crippen LogP contribution >= 0.6 is 11.6 Å². The normalized spacial score (nSPS) is 14.3. The minimum Gasteiger partial charge on any atom is -0.288 e. The zero-order chi connectivity index (χ0) is 10.5. The first-order chi connectivity index (χ1) is 5.96. The van der Waals surface area contributed by atoms with Gasteiger partial charge < -0.3 is 0 Å². The number of rotatable bonds is 5. The molecule has 0 heterocycles. The number of nitrogens with zero attached hydrogens (tertiary/aromatic N) is 1. The van der Waals surface area contributed by atoms with Crippen LogP contribution in [0.5, 0.6) is 0 Å². The van der Waals surface area contributed by atoms with Crippen molar-refractivity contribution in [1.29, 1.82) is 0 Å². The zero-order valence-corrected chi connectivity index (χ0v) is 8.00. The Balaban J connectivity index is 4.36. The molecule has 0 fully saturated rings. The Hall–Kier alpha value is -1.10. The maximum Gasteiger partial charge on any atom is 0.312 e. The van der Waals surface area contributed by atoms with Gasteiger partial charge in [0, 0.05) is 25.3 Å². The summed E-state index contributed by atoms with van der Waals surface area (Å²) >= 11 is 5.29. The van der Waals surface area contributed by atoms with Gasteiger partial charge in [-0.05, 0) is 0 Å². The minimum absolute atomic E-state index is 0.0544. The van der Waals surface area contributed by atoms with Crippen LogP contribution in [-0.4, -0.2) is 22.4 Å². The van der Waals surface area contributed by atoms with Crippen molar-refractivity contribution in [2.75, 3.05) is 5.88 Å². The van der Waals surface area contributed by atoms with Gasteiger partial charge in [0.15, 0.2) is 0 Å². The lowest BCUT2D eigenvalue weighted by Crippen LogP contribution is -2.50. The van der Waals surface area contributed by atoms with Crippen LogP contribution in [0.2, 0.25) is 0 Å². The largest absolute Gasteiger partial charge is 0.312 e. The molecular weight excluding hydrogens is 196 g/mol. The molecular formula is C7H11ClN2O3. The number of carbonyl (C=O) groups excluding carboxylic acids is 1. The van der Waals surface area contributed by atoms with Crippen LogP contribution in [0.3, 0.4) is 0 Å². The standard InChI is InChI=1S/C7H11ClN2O3/c1-3-7(2,10(12)13)9-6(11)4-5-8/h3H,1,4-5H2,2H3,(H,9,11). The number of hydrogen-bond acceptors (Lipinski definition) is 3. The predicted molar refractivity (Wildman–Crippen MR) is 49.1 cm³/mol. The molecule has 5 nitrogen and oxygen atoms in total. The summed E-state index contributed by atoms with van der Waals surface area (Å²) in [6, 6.07) is 0. The molecule has 0 aromatic heterocycles. The van der Waals surface area contributed by atoms with Crippen molar-refractivity contribution in [1.82, 2.24) is 5.32 Å². The SMILES string of the molecule is C=CC(C)(NC(=O)CCCl)[N+](=O)[O-]. The topological polar surface area (TPSA) is 72.2 Å². The van der Waals surface area contributed by atoms with Crippen molar-refractivity contribution in [2.24, 2.45) is 0 Å². The maximum atomic E-state index is 11.0. The lowest BCUT2D eigenvalue weighted by Gasteiger charge is -2.17. The fourth-order valence-corrected chi connectivity index (χ4v) is 0.773. The maximum absolute atomic E-state index is 11.0. The highest BCUT2D eigenvalue weighted by Gasteiger charge is 2.34. The predicted octanol–water partition coefficient (Wildman–Crippen LogP) is 0.910. The number of nitro groups is 1. The third-order valence-corrected chi connectivity index (χ3v) is 1.68. The van der Waals surface area contributed by atoms with Gasteiger partial charge in [-0.25, -0.2) is 0 Å². The molecule has 1 amide bonds. The van der Waals surface area contributed by atoms with Gasteiger partial charge in [0.25, 0.3) is 0 Å². The number of amides is 1. The van der Waals surface area contributed by atoms with Crippen molar-refractivity contribution in [2.45, 2.75) is 19.0 Å². The van der Waals surface area contributed by atoms with Gasteiger partial charge in [-0.3, -0.25) is 20.2 Å². The van der Waals surface area contributed by atoms with E-state index < -0.39 is 16.5 Å². The highest BCUT2D eigenvalue weighted by molar-refractivity contribution is 6.18. The molecule has 1 atom stereocenters. The van der Waals surface area contributed by atoms with E-state index in [4.69, 9.17) is 11.6 Å². The van der Waals surface area contributed by atoms with E-state index in [9.17, 15) is 14.9 Å². The monoisotopic (exact) mass is 206 g/mol. The summed E-state index contributed by atoms with van der Waals surface area (Å²) in [4.78, 5) is 20.8. The van der Waals surface area contributed by atoms with E-state index in [2.05, 4.69) is 11.9 Å².